The van der Waals surface area contributed by atoms with E-state index in [0.29, 0.717) is 18.6 Å². The van der Waals surface area contributed by atoms with Gasteiger partial charge in [-0.3, -0.25) is 4.79 Å². The molecule has 1 aliphatic carbocycles. The van der Waals surface area contributed by atoms with Gasteiger partial charge in [0, 0.05) is 0 Å². The van der Waals surface area contributed by atoms with Crippen LogP contribution in [0.3, 0.4) is 0 Å². The molecule has 1 aromatic rings. The van der Waals surface area contributed by atoms with Gasteiger partial charge in [0.25, 0.3) is 5.91 Å². The molecule has 0 spiro atoms. The van der Waals surface area contributed by atoms with E-state index in [0.717, 1.165) is 19.3 Å². The number of amides is 1. The highest BCUT2D eigenvalue weighted by Gasteiger charge is 2.19. The van der Waals surface area contributed by atoms with Gasteiger partial charge in [0.2, 0.25) is 0 Å². The van der Waals surface area contributed by atoms with Crippen molar-refractivity contribution in [3.63, 3.8) is 0 Å². The number of fused-ring (bicyclic) bond motifs is 1. The summed E-state index contributed by atoms with van der Waals surface area (Å²) >= 11 is 0. The summed E-state index contributed by atoms with van der Waals surface area (Å²) in [5.74, 6) is -0.757. The third-order valence-corrected chi connectivity index (χ3v) is 3.65. The molecule has 2 N–H and O–H groups in total. The van der Waals surface area contributed by atoms with E-state index in [1.807, 2.05) is 25.1 Å². The van der Waals surface area contributed by atoms with Crippen LogP contribution in [-0.2, 0) is 22.4 Å². The van der Waals surface area contributed by atoms with Crippen molar-refractivity contribution in [1.82, 2.24) is 5.32 Å². The average molecular weight is 291 g/mol. The zero-order valence-electron chi connectivity index (χ0n) is 12.2. The molecule has 1 atom stereocenters. The Hall–Kier alpha value is -2.04. The predicted molar refractivity (Wildman–Crippen MR) is 78.4 cm³/mol. The van der Waals surface area contributed by atoms with Crippen LogP contribution in [0.1, 0.15) is 37.3 Å². The molecule has 0 saturated heterocycles. The number of aliphatic carboxylic acids is 1. The van der Waals surface area contributed by atoms with E-state index in [9.17, 15) is 9.59 Å². The number of hydrogen-bond donors (Lipinski definition) is 2. The lowest BCUT2D eigenvalue weighted by molar-refractivity contribution is -0.142. The fraction of sp³-hybridized carbons (Fsp3) is 0.500. The molecule has 1 aliphatic rings. The summed E-state index contributed by atoms with van der Waals surface area (Å²) in [6.07, 6.45) is 4.43. The van der Waals surface area contributed by atoms with E-state index in [2.05, 4.69) is 5.32 Å². The third-order valence-electron chi connectivity index (χ3n) is 3.65. The lowest BCUT2D eigenvalue weighted by Gasteiger charge is -2.14. The minimum absolute atomic E-state index is 0.160. The van der Waals surface area contributed by atoms with Gasteiger partial charge in [-0.05, 0) is 48.9 Å². The van der Waals surface area contributed by atoms with Crippen molar-refractivity contribution >= 4 is 11.9 Å². The average Bonchev–Trinajstić information content (AvgIpc) is 2.92. The molecular weight excluding hydrogens is 270 g/mol. The molecule has 0 radical (unpaired) electrons. The Kier molecular flexibility index (Phi) is 5.20. The Morgan fingerprint density at radius 2 is 2.10 bits per heavy atom. The Morgan fingerprint density at radius 3 is 2.81 bits per heavy atom. The highest BCUT2D eigenvalue weighted by molar-refractivity contribution is 5.84. The van der Waals surface area contributed by atoms with Crippen LogP contribution < -0.4 is 10.1 Å². The number of carbonyl (C=O) groups is 2. The van der Waals surface area contributed by atoms with E-state index < -0.39 is 17.9 Å². The van der Waals surface area contributed by atoms with Crippen LogP contribution >= 0.6 is 0 Å². The maximum atomic E-state index is 11.7. The molecule has 0 fully saturated rings. The summed E-state index contributed by atoms with van der Waals surface area (Å²) < 4.78 is 5.45. The predicted octanol–water partition coefficient (Wildman–Crippen LogP) is 1.92. The third kappa shape index (κ3) is 4.21. The summed E-state index contributed by atoms with van der Waals surface area (Å²) in [5, 5.41) is 11.5. The lowest BCUT2D eigenvalue weighted by atomic mass is 10.1. The summed E-state index contributed by atoms with van der Waals surface area (Å²) in [4.78, 5) is 22.7. The first-order chi connectivity index (χ1) is 10.1. The van der Waals surface area contributed by atoms with Crippen molar-refractivity contribution < 1.29 is 19.4 Å². The van der Waals surface area contributed by atoms with E-state index in [-0.39, 0.29) is 6.61 Å². The normalized spacial score (nSPS) is 14.3. The smallest absolute Gasteiger partial charge is 0.326 e. The van der Waals surface area contributed by atoms with Crippen LogP contribution in [0, 0.1) is 0 Å². The number of hydrogen-bond acceptors (Lipinski definition) is 3. The quantitative estimate of drug-likeness (QED) is 0.805. The fourth-order valence-corrected chi connectivity index (χ4v) is 2.57. The van der Waals surface area contributed by atoms with Crippen molar-refractivity contribution in [2.24, 2.45) is 0 Å². The van der Waals surface area contributed by atoms with Gasteiger partial charge in [0.1, 0.15) is 11.8 Å². The van der Waals surface area contributed by atoms with Gasteiger partial charge in [0.15, 0.2) is 6.61 Å². The zero-order valence-corrected chi connectivity index (χ0v) is 12.2. The molecule has 0 heterocycles. The zero-order chi connectivity index (χ0) is 15.2. The topological polar surface area (TPSA) is 75.6 Å². The van der Waals surface area contributed by atoms with E-state index >= 15 is 0 Å². The van der Waals surface area contributed by atoms with Crippen molar-refractivity contribution in [1.29, 1.82) is 0 Å². The molecule has 5 nitrogen and oxygen atoms in total. The number of nitrogens with one attached hydrogen (secondary N) is 1. The first-order valence-corrected chi connectivity index (χ1v) is 7.37. The molecule has 1 aromatic carbocycles. The van der Waals surface area contributed by atoms with Crippen LogP contribution in [0.5, 0.6) is 5.75 Å². The molecule has 0 unspecified atom stereocenters. The van der Waals surface area contributed by atoms with Crippen molar-refractivity contribution in [3.05, 3.63) is 29.3 Å². The second-order valence-electron chi connectivity index (χ2n) is 5.32. The summed E-state index contributed by atoms with van der Waals surface area (Å²) in [5.41, 5.74) is 2.63. The maximum absolute atomic E-state index is 11.7. The number of carbonyl (C=O) groups excluding carboxylic acids is 1. The lowest BCUT2D eigenvalue weighted by Crippen LogP contribution is -2.42. The first-order valence-electron chi connectivity index (χ1n) is 7.37. The maximum Gasteiger partial charge on any atom is 0.326 e. The molecule has 0 aromatic heterocycles. The molecule has 21 heavy (non-hydrogen) atoms. The van der Waals surface area contributed by atoms with Crippen LogP contribution in [0.4, 0.5) is 0 Å². The highest BCUT2D eigenvalue weighted by Crippen LogP contribution is 2.25. The van der Waals surface area contributed by atoms with Crippen molar-refractivity contribution in [3.8, 4) is 5.75 Å². The number of rotatable bonds is 7. The van der Waals surface area contributed by atoms with Crippen molar-refractivity contribution in [2.45, 2.75) is 45.1 Å². The molecule has 5 heteroatoms. The van der Waals surface area contributed by atoms with Crippen LogP contribution in [0.15, 0.2) is 18.2 Å². The van der Waals surface area contributed by atoms with Gasteiger partial charge >= 0.3 is 5.97 Å². The van der Waals surface area contributed by atoms with Crippen LogP contribution in [0.25, 0.3) is 0 Å². The molecule has 114 valence electrons. The highest BCUT2D eigenvalue weighted by atomic mass is 16.5. The standard InChI is InChI=1S/C16H21NO4/c1-2-4-14(16(19)20)17-15(18)10-21-13-8-7-11-5-3-6-12(11)9-13/h7-9,14H,2-6,10H2,1H3,(H,17,18)(H,19,20)/t14-/m0/s1. The molecule has 0 aliphatic heterocycles. The molecule has 0 bridgehead atoms. The monoisotopic (exact) mass is 291 g/mol. The van der Waals surface area contributed by atoms with Crippen molar-refractivity contribution in [2.75, 3.05) is 6.61 Å². The van der Waals surface area contributed by atoms with Crippen LogP contribution in [-0.4, -0.2) is 29.6 Å². The fourth-order valence-electron chi connectivity index (χ4n) is 2.57. The molecule has 2 rings (SSSR count). The number of carboxylic acid groups (broad SMARTS) is 1. The van der Waals surface area contributed by atoms with Gasteiger partial charge in [0.05, 0.1) is 0 Å². The number of carboxylic acids is 1. The van der Waals surface area contributed by atoms with E-state index in [1.165, 1.54) is 11.1 Å². The molecule has 0 saturated carbocycles. The first kappa shape index (κ1) is 15.4. The molecule has 1 amide bonds. The van der Waals surface area contributed by atoms with Gasteiger partial charge < -0.3 is 15.2 Å². The van der Waals surface area contributed by atoms with E-state index in [1.54, 1.807) is 0 Å². The second kappa shape index (κ2) is 7.11. The Balaban J connectivity index is 1.84. The Labute approximate surface area is 124 Å². The number of aryl methyl sites for hydroxylation is 2. The van der Waals surface area contributed by atoms with E-state index in [4.69, 9.17) is 9.84 Å². The largest absolute Gasteiger partial charge is 0.484 e. The van der Waals surface area contributed by atoms with Gasteiger partial charge in [-0.2, -0.15) is 0 Å². The Bertz CT molecular complexity index is 527. The Morgan fingerprint density at radius 1 is 1.33 bits per heavy atom. The number of benzene rings is 1. The summed E-state index contributed by atoms with van der Waals surface area (Å²) in [6.45, 7) is 1.72. The SMILES string of the molecule is CCC[C@H](NC(=O)COc1ccc2c(c1)CCC2)C(=O)O. The minimum Gasteiger partial charge on any atom is -0.484 e. The minimum atomic E-state index is -1.01. The number of ether oxygens (including phenoxy) is 1. The summed E-state index contributed by atoms with van der Waals surface area (Å²) in [6, 6.07) is 5.02. The van der Waals surface area contributed by atoms with Gasteiger partial charge in [-0.15, -0.1) is 0 Å². The van der Waals surface area contributed by atoms with Crippen LogP contribution in [0.2, 0.25) is 0 Å². The van der Waals surface area contributed by atoms with Gasteiger partial charge in [-0.1, -0.05) is 19.4 Å². The van der Waals surface area contributed by atoms with Gasteiger partial charge in [-0.25, -0.2) is 4.79 Å². The summed E-state index contributed by atoms with van der Waals surface area (Å²) in [7, 11) is 0. The second-order valence-corrected chi connectivity index (χ2v) is 5.32. The molecular formula is C16H21NO4.